The minimum absolute atomic E-state index is 0.0357. The first-order valence-electron chi connectivity index (χ1n) is 16.1. The molecule has 11 heteroatoms. The van der Waals surface area contributed by atoms with Crippen molar-refractivity contribution >= 4 is 49.9 Å². The summed E-state index contributed by atoms with van der Waals surface area (Å²) in [6.07, 6.45) is 1.85. The summed E-state index contributed by atoms with van der Waals surface area (Å²) in [6.45, 7) is 5.94. The molecule has 0 N–H and O–H groups in total. The number of nitrogens with zero attached hydrogens (tertiary/aromatic N) is 3. The quantitative estimate of drug-likeness (QED) is 0.0511. The van der Waals surface area contributed by atoms with E-state index in [4.69, 9.17) is 9.57 Å². The van der Waals surface area contributed by atoms with E-state index in [0.717, 1.165) is 66.3 Å². The molecule has 5 rings (SSSR count). The van der Waals surface area contributed by atoms with E-state index >= 15 is 0 Å². The topological polar surface area (TPSA) is 96.0 Å². The van der Waals surface area contributed by atoms with Gasteiger partial charge in [-0.05, 0) is 61.0 Å². The van der Waals surface area contributed by atoms with E-state index in [2.05, 4.69) is 23.6 Å². The number of non-ortho nitro benzene ring substituents is 1. The van der Waals surface area contributed by atoms with Gasteiger partial charge >= 0.3 is 11.9 Å². The van der Waals surface area contributed by atoms with E-state index in [9.17, 15) is 28.1 Å². The number of rotatable bonds is 14. The van der Waals surface area contributed by atoms with Crippen LogP contribution in [0.15, 0.2) is 78.0 Å². The van der Waals surface area contributed by atoms with Gasteiger partial charge in [0.15, 0.2) is 12.8 Å². The molecule has 2 unspecified atom stereocenters. The monoisotopic (exact) mass is 661 g/mol. The summed E-state index contributed by atoms with van der Waals surface area (Å²) in [5.74, 6) is -3.82. The van der Waals surface area contributed by atoms with Crippen molar-refractivity contribution in [1.29, 1.82) is 0 Å². The van der Waals surface area contributed by atoms with Gasteiger partial charge in [-0.3, -0.25) is 10.1 Å². The maximum absolute atomic E-state index is 13.8. The first-order valence-corrected chi connectivity index (χ1v) is 16.1. The summed E-state index contributed by atoms with van der Waals surface area (Å²) in [7, 11) is 0. The fraction of sp³-hybridized carbons (Fsp3) is 0.351. The number of hydrogen-bond acceptors (Lipinski definition) is 6. The fourth-order valence-corrected chi connectivity index (χ4v) is 6.00. The van der Waals surface area contributed by atoms with Crippen LogP contribution in [-0.2, 0) is 16.2 Å². The van der Waals surface area contributed by atoms with Gasteiger partial charge < -0.3 is 14.1 Å². The lowest BCUT2D eigenvalue weighted by Crippen LogP contribution is -2.34. The largest absolute Gasteiger partial charge is 0.487 e. The Morgan fingerprint density at radius 3 is 2.33 bits per heavy atom. The number of benzene rings is 4. The molecule has 0 aliphatic carbocycles. The zero-order valence-corrected chi connectivity index (χ0v) is 27.3. The Morgan fingerprint density at radius 1 is 1.00 bits per heavy atom. The lowest BCUT2D eigenvalue weighted by Gasteiger charge is -2.19. The Labute approximate surface area is 276 Å². The van der Waals surface area contributed by atoms with Crippen LogP contribution in [0.3, 0.4) is 0 Å². The summed E-state index contributed by atoms with van der Waals surface area (Å²) in [6, 6.07) is 20.6. The van der Waals surface area contributed by atoms with E-state index < -0.39 is 29.6 Å². The smallest absolute Gasteiger partial charge is 0.332 e. The molecule has 0 radical (unpaired) electrons. The molecule has 1 aromatic heterocycles. The van der Waals surface area contributed by atoms with Crippen LogP contribution in [0.2, 0.25) is 0 Å². The highest BCUT2D eigenvalue weighted by atomic mass is 19.3. The van der Waals surface area contributed by atoms with Crippen LogP contribution >= 0.6 is 0 Å². The molecule has 5 aromatic rings. The first kappa shape index (κ1) is 34.4. The molecule has 0 fully saturated rings. The van der Waals surface area contributed by atoms with E-state index in [1.165, 1.54) is 25.1 Å². The molecule has 0 aliphatic rings. The van der Waals surface area contributed by atoms with Crippen molar-refractivity contribution in [3.05, 3.63) is 94.0 Å². The number of halogens is 3. The average molecular weight is 662 g/mol. The van der Waals surface area contributed by atoms with Crippen molar-refractivity contribution in [3.8, 4) is 5.75 Å². The summed E-state index contributed by atoms with van der Waals surface area (Å²) < 4.78 is 48.4. The molecule has 48 heavy (non-hydrogen) atoms. The predicted molar refractivity (Wildman–Crippen MR) is 182 cm³/mol. The Bertz CT molecular complexity index is 1990. The summed E-state index contributed by atoms with van der Waals surface area (Å²) in [5, 5.41) is 19.3. The van der Waals surface area contributed by atoms with Gasteiger partial charge in [-0.2, -0.15) is 8.78 Å². The average Bonchev–Trinajstić information content (AvgIpc) is 3.38. The molecule has 0 aliphatic heterocycles. The molecule has 0 saturated carbocycles. The van der Waals surface area contributed by atoms with Crippen molar-refractivity contribution in [2.75, 3.05) is 6.61 Å². The summed E-state index contributed by atoms with van der Waals surface area (Å²) in [5.41, 5.74) is 3.11. The number of aromatic nitrogens is 1. The Hall–Kier alpha value is -4.93. The van der Waals surface area contributed by atoms with Gasteiger partial charge in [-0.15, -0.1) is 0 Å². The summed E-state index contributed by atoms with van der Waals surface area (Å²) >= 11 is 0. The molecular weight excluding hydrogens is 623 g/mol. The number of carbonyl (C=O) groups excluding carboxylic acids is 1. The van der Waals surface area contributed by atoms with Crippen LogP contribution in [0.4, 0.5) is 18.9 Å². The lowest BCUT2D eigenvalue weighted by molar-refractivity contribution is -0.384. The number of ether oxygens (including phenoxy) is 1. The molecular formula is C37H38F3N3O5. The molecule has 8 nitrogen and oxygen atoms in total. The van der Waals surface area contributed by atoms with E-state index in [1.807, 2.05) is 30.3 Å². The zero-order valence-electron chi connectivity index (χ0n) is 27.3. The molecule has 1 heterocycles. The molecule has 0 saturated heterocycles. The lowest BCUT2D eigenvalue weighted by atomic mass is 9.93. The third-order valence-electron chi connectivity index (χ3n) is 8.70. The highest BCUT2D eigenvalue weighted by Crippen LogP contribution is 2.39. The molecule has 0 bridgehead atoms. The zero-order chi connectivity index (χ0) is 34.6. The molecule has 4 aromatic carbocycles. The van der Waals surface area contributed by atoms with Crippen molar-refractivity contribution in [3.63, 3.8) is 0 Å². The Balaban J connectivity index is 1.73. The van der Waals surface area contributed by atoms with Crippen molar-refractivity contribution in [2.45, 2.75) is 72.0 Å². The maximum Gasteiger partial charge on any atom is 0.332 e. The minimum atomic E-state index is -3.66. The van der Waals surface area contributed by atoms with E-state index in [-0.39, 0.29) is 17.1 Å². The van der Waals surface area contributed by atoms with Crippen LogP contribution in [0, 0.1) is 16.0 Å². The van der Waals surface area contributed by atoms with Gasteiger partial charge in [0.2, 0.25) is 0 Å². The van der Waals surface area contributed by atoms with Crippen molar-refractivity contribution < 1.29 is 32.5 Å². The number of alkyl halides is 3. The molecule has 0 amide bonds. The number of nitro groups is 1. The van der Waals surface area contributed by atoms with Gasteiger partial charge in [0.05, 0.1) is 10.4 Å². The minimum Gasteiger partial charge on any atom is -0.487 e. The van der Waals surface area contributed by atoms with Gasteiger partial charge in [0.25, 0.3) is 5.69 Å². The van der Waals surface area contributed by atoms with E-state index in [1.54, 1.807) is 24.3 Å². The first-order chi connectivity index (χ1) is 22.9. The second-order valence-electron chi connectivity index (χ2n) is 12.1. The van der Waals surface area contributed by atoms with Crippen LogP contribution in [0.5, 0.6) is 5.75 Å². The van der Waals surface area contributed by atoms with Gasteiger partial charge in [0.1, 0.15) is 11.5 Å². The Kier molecular flexibility index (Phi) is 10.4. The van der Waals surface area contributed by atoms with Crippen molar-refractivity contribution in [1.82, 2.24) is 4.57 Å². The third-order valence-corrected chi connectivity index (χ3v) is 8.70. The number of carbonyl (C=O) groups is 1. The van der Waals surface area contributed by atoms with Crippen LogP contribution in [0.1, 0.15) is 64.5 Å². The molecule has 2 atom stereocenters. The number of unbranched alkanes of at least 4 members (excludes halogenated alkanes) is 1. The number of oxime groups is 1. The number of fused-ring (bicyclic) bond motifs is 5. The van der Waals surface area contributed by atoms with Gasteiger partial charge in [0, 0.05) is 58.4 Å². The standard InChI is InChI=1S/C37H38F3N3O5/c1-5-7-10-25(6-2)21-42-34-18-15-27(43(45)46)19-31(34)33-20-32(29-11-8-9-12-30(29)36(33)42)35(41-48-24(4)44)26-13-16-28(17-14-26)47-22-37(39,40)23(3)38/h8-9,11-20,23,25H,5-7,10,21-22H2,1-4H3/b41-35+. The van der Waals surface area contributed by atoms with E-state index in [0.29, 0.717) is 22.4 Å². The fourth-order valence-electron chi connectivity index (χ4n) is 6.00. The van der Waals surface area contributed by atoms with Gasteiger partial charge in [-0.1, -0.05) is 62.5 Å². The SMILES string of the molecule is CCCCC(CC)Cn1c2ccc([N+](=O)[O-])cc2c2cc(/C(=N/OC(C)=O)c3ccc(OCC(F)(F)C(C)F)cc3)c3ccccc3c21. The van der Waals surface area contributed by atoms with Crippen LogP contribution < -0.4 is 4.74 Å². The molecule has 252 valence electrons. The predicted octanol–water partition coefficient (Wildman–Crippen LogP) is 9.76. The third kappa shape index (κ3) is 7.14. The normalized spacial score (nSPS) is 13.6. The second-order valence-corrected chi connectivity index (χ2v) is 12.1. The van der Waals surface area contributed by atoms with Gasteiger partial charge in [-0.25, -0.2) is 9.18 Å². The van der Waals surface area contributed by atoms with Crippen LogP contribution in [-0.4, -0.2) is 39.9 Å². The van der Waals surface area contributed by atoms with Crippen LogP contribution in [0.25, 0.3) is 32.6 Å². The highest BCUT2D eigenvalue weighted by Gasteiger charge is 2.38. The Morgan fingerprint density at radius 2 is 1.71 bits per heavy atom. The number of hydrogen-bond donors (Lipinski definition) is 0. The second kappa shape index (κ2) is 14.5. The number of nitro benzene ring substituents is 1. The maximum atomic E-state index is 13.8. The highest BCUT2D eigenvalue weighted by molar-refractivity contribution is 6.27. The van der Waals surface area contributed by atoms with Crippen molar-refractivity contribution in [2.24, 2.45) is 11.1 Å². The summed E-state index contributed by atoms with van der Waals surface area (Å²) in [4.78, 5) is 28.6. The molecule has 0 spiro atoms.